The van der Waals surface area contributed by atoms with Gasteiger partial charge in [-0.1, -0.05) is 41.9 Å². The third-order valence-electron chi connectivity index (χ3n) is 4.04. The average molecular weight is 332 g/mol. The molecule has 6 heteroatoms. The van der Waals surface area contributed by atoms with E-state index in [9.17, 15) is 10.1 Å². The lowest BCUT2D eigenvalue weighted by molar-refractivity contribution is -0.384. The van der Waals surface area contributed by atoms with E-state index in [2.05, 4.69) is 34.5 Å². The van der Waals surface area contributed by atoms with Gasteiger partial charge in [0.15, 0.2) is 0 Å². The Morgan fingerprint density at radius 1 is 1.26 bits per heavy atom. The van der Waals surface area contributed by atoms with Crippen LogP contribution in [0.1, 0.15) is 12.0 Å². The van der Waals surface area contributed by atoms with Crippen molar-refractivity contribution in [2.75, 3.05) is 18.4 Å². The van der Waals surface area contributed by atoms with E-state index in [1.165, 1.54) is 17.7 Å². The molecule has 1 saturated heterocycles. The number of nitro groups is 1. The normalized spacial score (nSPS) is 18.0. The van der Waals surface area contributed by atoms with Gasteiger partial charge >= 0.3 is 0 Å². The molecule has 1 atom stereocenters. The largest absolute Gasteiger partial charge is 0.380 e. The summed E-state index contributed by atoms with van der Waals surface area (Å²) in [6, 6.07) is 15.2. The molecule has 0 aliphatic carbocycles. The van der Waals surface area contributed by atoms with Crippen molar-refractivity contribution >= 4 is 23.0 Å². The lowest BCUT2D eigenvalue weighted by Crippen LogP contribution is -2.26. The Kier molecular flexibility index (Phi) is 4.79. The molecule has 23 heavy (non-hydrogen) atoms. The van der Waals surface area contributed by atoms with Crippen LogP contribution >= 0.6 is 11.6 Å². The van der Waals surface area contributed by atoms with Crippen LogP contribution in [0, 0.1) is 10.1 Å². The molecule has 120 valence electrons. The second kappa shape index (κ2) is 6.98. The summed E-state index contributed by atoms with van der Waals surface area (Å²) < 4.78 is 0. The molecule has 1 fully saturated rings. The summed E-state index contributed by atoms with van der Waals surface area (Å²) in [6.07, 6.45) is 1.03. The first-order valence-corrected chi connectivity index (χ1v) is 7.96. The predicted octanol–water partition coefficient (Wildman–Crippen LogP) is 3.93. The van der Waals surface area contributed by atoms with E-state index in [-0.39, 0.29) is 5.69 Å². The first-order valence-electron chi connectivity index (χ1n) is 7.58. The molecule has 1 aliphatic rings. The zero-order valence-corrected chi connectivity index (χ0v) is 13.4. The highest BCUT2D eigenvalue weighted by atomic mass is 35.5. The summed E-state index contributed by atoms with van der Waals surface area (Å²) in [7, 11) is 0. The molecule has 1 N–H and O–H groups in total. The van der Waals surface area contributed by atoms with E-state index in [1.807, 2.05) is 6.07 Å². The zero-order chi connectivity index (χ0) is 16.2. The van der Waals surface area contributed by atoms with Gasteiger partial charge in [0, 0.05) is 37.8 Å². The molecule has 0 radical (unpaired) electrons. The molecule has 3 rings (SSSR count). The van der Waals surface area contributed by atoms with Crippen molar-refractivity contribution in [2.45, 2.75) is 19.0 Å². The summed E-state index contributed by atoms with van der Waals surface area (Å²) in [4.78, 5) is 12.7. The van der Waals surface area contributed by atoms with Crippen molar-refractivity contribution in [3.8, 4) is 0 Å². The summed E-state index contributed by atoms with van der Waals surface area (Å²) >= 11 is 6.14. The van der Waals surface area contributed by atoms with E-state index in [0.29, 0.717) is 11.1 Å². The number of halogens is 1. The molecule has 1 unspecified atom stereocenters. The summed E-state index contributed by atoms with van der Waals surface area (Å²) in [5.41, 5.74) is 2.07. The number of nitro benzene ring substituents is 1. The molecule has 2 aromatic carbocycles. The maximum atomic E-state index is 10.7. The summed E-state index contributed by atoms with van der Waals surface area (Å²) in [6.45, 7) is 2.90. The molecule has 1 heterocycles. The highest BCUT2D eigenvalue weighted by molar-refractivity contribution is 6.33. The van der Waals surface area contributed by atoms with Gasteiger partial charge in [-0.25, -0.2) is 0 Å². The minimum absolute atomic E-state index is 0.0117. The molecular weight excluding hydrogens is 314 g/mol. The maximum absolute atomic E-state index is 10.7. The van der Waals surface area contributed by atoms with Crippen LogP contribution in [0.15, 0.2) is 48.5 Å². The molecule has 5 nitrogen and oxygen atoms in total. The van der Waals surface area contributed by atoms with E-state index >= 15 is 0 Å². The topological polar surface area (TPSA) is 58.4 Å². The van der Waals surface area contributed by atoms with Gasteiger partial charge in [0.1, 0.15) is 0 Å². The molecule has 0 spiro atoms. The molecule has 0 amide bonds. The number of benzene rings is 2. The standard InChI is InChI=1S/C17H18ClN3O2/c18-16-10-15(21(22)23)6-7-17(16)19-14-8-9-20(12-14)11-13-4-2-1-3-5-13/h1-7,10,14,19H,8-9,11-12H2. The minimum Gasteiger partial charge on any atom is -0.380 e. The number of hydrogen-bond donors (Lipinski definition) is 1. The Morgan fingerprint density at radius 3 is 2.74 bits per heavy atom. The van der Waals surface area contributed by atoms with Crippen molar-refractivity contribution in [1.82, 2.24) is 4.90 Å². The lowest BCUT2D eigenvalue weighted by atomic mass is 10.2. The number of rotatable bonds is 5. The Morgan fingerprint density at radius 2 is 2.04 bits per heavy atom. The van der Waals surface area contributed by atoms with Crippen molar-refractivity contribution in [2.24, 2.45) is 0 Å². The van der Waals surface area contributed by atoms with Gasteiger partial charge < -0.3 is 5.32 Å². The second-order valence-electron chi connectivity index (χ2n) is 5.77. The number of anilines is 1. The molecule has 0 aromatic heterocycles. The van der Waals surface area contributed by atoms with Crippen LogP contribution in [-0.2, 0) is 6.54 Å². The van der Waals surface area contributed by atoms with Gasteiger partial charge in [0.2, 0.25) is 0 Å². The summed E-state index contributed by atoms with van der Waals surface area (Å²) in [5, 5.41) is 14.5. The number of nitrogens with zero attached hydrogens (tertiary/aromatic N) is 2. The first kappa shape index (κ1) is 15.8. The SMILES string of the molecule is O=[N+]([O-])c1ccc(NC2CCN(Cc3ccccc3)C2)c(Cl)c1. The van der Waals surface area contributed by atoms with Gasteiger partial charge in [0.05, 0.1) is 15.6 Å². The van der Waals surface area contributed by atoms with Gasteiger partial charge in [-0.3, -0.25) is 15.0 Å². The van der Waals surface area contributed by atoms with Crippen LogP contribution in [0.2, 0.25) is 5.02 Å². The van der Waals surface area contributed by atoms with Crippen molar-refractivity contribution in [1.29, 1.82) is 0 Å². The smallest absolute Gasteiger partial charge is 0.271 e. The van der Waals surface area contributed by atoms with Crippen LogP contribution in [0.3, 0.4) is 0 Å². The monoisotopic (exact) mass is 331 g/mol. The highest BCUT2D eigenvalue weighted by Gasteiger charge is 2.23. The number of likely N-dealkylation sites (tertiary alicyclic amines) is 1. The van der Waals surface area contributed by atoms with Gasteiger partial charge in [-0.15, -0.1) is 0 Å². The number of nitrogens with one attached hydrogen (secondary N) is 1. The van der Waals surface area contributed by atoms with E-state index in [0.717, 1.165) is 31.7 Å². The first-order chi connectivity index (χ1) is 11.1. The minimum atomic E-state index is -0.438. The van der Waals surface area contributed by atoms with Crippen LogP contribution < -0.4 is 5.32 Å². The van der Waals surface area contributed by atoms with Crippen molar-refractivity contribution in [3.05, 3.63) is 69.2 Å². The van der Waals surface area contributed by atoms with Crippen molar-refractivity contribution in [3.63, 3.8) is 0 Å². The third-order valence-corrected chi connectivity index (χ3v) is 4.36. The Hall–Kier alpha value is -2.11. The van der Waals surface area contributed by atoms with Crippen LogP contribution in [0.4, 0.5) is 11.4 Å². The molecule has 2 aromatic rings. The van der Waals surface area contributed by atoms with Crippen molar-refractivity contribution < 1.29 is 4.92 Å². The fourth-order valence-corrected chi connectivity index (χ4v) is 3.12. The zero-order valence-electron chi connectivity index (χ0n) is 12.6. The average Bonchev–Trinajstić information content (AvgIpc) is 2.97. The molecule has 0 bridgehead atoms. The molecule has 0 saturated carbocycles. The van der Waals surface area contributed by atoms with Gasteiger partial charge in [-0.05, 0) is 18.1 Å². The second-order valence-corrected chi connectivity index (χ2v) is 6.18. The Bertz CT molecular complexity index is 693. The number of hydrogen-bond acceptors (Lipinski definition) is 4. The van der Waals surface area contributed by atoms with Gasteiger partial charge in [-0.2, -0.15) is 0 Å². The molecular formula is C17H18ClN3O2. The Balaban J connectivity index is 1.59. The van der Waals surface area contributed by atoms with Gasteiger partial charge in [0.25, 0.3) is 5.69 Å². The van der Waals surface area contributed by atoms with E-state index < -0.39 is 4.92 Å². The van der Waals surface area contributed by atoms with Crippen LogP contribution in [-0.4, -0.2) is 29.0 Å². The maximum Gasteiger partial charge on any atom is 0.271 e. The highest BCUT2D eigenvalue weighted by Crippen LogP contribution is 2.28. The quantitative estimate of drug-likeness (QED) is 0.666. The van der Waals surface area contributed by atoms with E-state index in [1.54, 1.807) is 6.07 Å². The fraction of sp³-hybridized carbons (Fsp3) is 0.294. The Labute approximate surface area is 140 Å². The van der Waals surface area contributed by atoms with E-state index in [4.69, 9.17) is 11.6 Å². The van der Waals surface area contributed by atoms with Crippen LogP contribution in [0.5, 0.6) is 0 Å². The third kappa shape index (κ3) is 4.00. The summed E-state index contributed by atoms with van der Waals surface area (Å²) in [5.74, 6) is 0. The van der Waals surface area contributed by atoms with Crippen LogP contribution in [0.25, 0.3) is 0 Å². The predicted molar refractivity (Wildman–Crippen MR) is 91.9 cm³/mol. The molecule has 1 aliphatic heterocycles. The number of non-ortho nitro benzene ring substituents is 1. The lowest BCUT2D eigenvalue weighted by Gasteiger charge is -2.18. The fourth-order valence-electron chi connectivity index (χ4n) is 2.89.